The first kappa shape index (κ1) is 19.5. The molecule has 0 radical (unpaired) electrons. The van der Waals surface area contributed by atoms with Gasteiger partial charge in [-0.3, -0.25) is 0 Å². The Morgan fingerprint density at radius 2 is 1.87 bits per heavy atom. The van der Waals surface area contributed by atoms with Gasteiger partial charge in [0.15, 0.2) is 0 Å². The molecule has 0 spiro atoms. The van der Waals surface area contributed by atoms with E-state index in [9.17, 15) is 4.39 Å². The molecule has 2 aromatic heterocycles. The Bertz CT molecular complexity index is 1200. The molecule has 0 bridgehead atoms. The molecule has 7 heteroatoms. The molecule has 2 heterocycles. The van der Waals surface area contributed by atoms with Crippen LogP contribution in [0.2, 0.25) is 0 Å². The highest BCUT2D eigenvalue weighted by atomic mass is 19.1. The molecule has 158 valence electrons. The molecule has 1 atom stereocenters. The van der Waals surface area contributed by atoms with Crippen LogP contribution in [0.5, 0.6) is 5.75 Å². The smallest absolute Gasteiger partial charge is 0.148 e. The average Bonchev–Trinajstić information content (AvgIpc) is 3.45. The molecule has 0 saturated carbocycles. The van der Waals surface area contributed by atoms with Crippen molar-refractivity contribution in [1.29, 1.82) is 0 Å². The van der Waals surface area contributed by atoms with Crippen LogP contribution >= 0.6 is 0 Å². The topological polar surface area (TPSA) is 56.9 Å². The fraction of sp³-hybridized carbons (Fsp3) is 0.250. The molecule has 5 rings (SSSR count). The van der Waals surface area contributed by atoms with Crippen LogP contribution in [0.4, 0.5) is 4.39 Å². The lowest BCUT2D eigenvalue weighted by atomic mass is 9.92. The Hall–Kier alpha value is -3.45. The van der Waals surface area contributed by atoms with E-state index in [2.05, 4.69) is 15.5 Å². The summed E-state index contributed by atoms with van der Waals surface area (Å²) >= 11 is 0. The largest absolute Gasteiger partial charge is 0.494 e. The summed E-state index contributed by atoms with van der Waals surface area (Å²) in [4.78, 5) is 0. The molecule has 1 N–H and O–H groups in total. The van der Waals surface area contributed by atoms with Crippen molar-refractivity contribution in [3.8, 4) is 17.1 Å². The van der Waals surface area contributed by atoms with Crippen molar-refractivity contribution in [1.82, 2.24) is 24.9 Å². The first-order valence-electron chi connectivity index (χ1n) is 10.5. The van der Waals surface area contributed by atoms with Crippen LogP contribution in [-0.2, 0) is 13.0 Å². The van der Waals surface area contributed by atoms with E-state index in [1.54, 1.807) is 23.9 Å². The van der Waals surface area contributed by atoms with Gasteiger partial charge in [-0.05, 0) is 43.5 Å². The predicted molar refractivity (Wildman–Crippen MR) is 116 cm³/mol. The van der Waals surface area contributed by atoms with Crippen LogP contribution < -0.4 is 10.1 Å². The third kappa shape index (κ3) is 3.72. The molecule has 4 aromatic rings. The van der Waals surface area contributed by atoms with E-state index >= 15 is 0 Å². The van der Waals surface area contributed by atoms with Gasteiger partial charge in [0, 0.05) is 35.6 Å². The summed E-state index contributed by atoms with van der Waals surface area (Å²) in [6, 6.07) is 14.8. The van der Waals surface area contributed by atoms with Crippen LogP contribution in [0.15, 0.2) is 67.1 Å². The highest BCUT2D eigenvalue weighted by Gasteiger charge is 2.25. The SMILES string of the molecule is COc1ccccc1-n1cc(CNC2CCCc3c2cnn3-c2ccccc2F)cn1. The van der Waals surface area contributed by atoms with Gasteiger partial charge in [0.25, 0.3) is 0 Å². The average molecular weight is 417 g/mol. The molecular formula is C24H24FN5O. The molecule has 0 aliphatic heterocycles. The summed E-state index contributed by atoms with van der Waals surface area (Å²) in [6.07, 6.45) is 8.70. The first-order valence-corrected chi connectivity index (χ1v) is 10.5. The maximum atomic E-state index is 14.3. The second-order valence-electron chi connectivity index (χ2n) is 7.70. The van der Waals surface area contributed by atoms with Crippen molar-refractivity contribution < 1.29 is 9.13 Å². The molecule has 6 nitrogen and oxygen atoms in total. The minimum Gasteiger partial charge on any atom is -0.494 e. The third-order valence-corrected chi connectivity index (χ3v) is 5.78. The standard InChI is InChI=1S/C24H24FN5O/c1-31-24-12-5-4-10-23(24)29-16-17(14-27-29)13-26-20-8-6-11-21-18(20)15-28-30(21)22-9-3-2-7-19(22)25/h2-5,7,9-10,12,14-16,20,26H,6,8,11,13H2,1H3. The number of para-hydroxylation sites is 3. The fourth-order valence-corrected chi connectivity index (χ4v) is 4.24. The highest BCUT2D eigenvalue weighted by molar-refractivity contribution is 5.46. The van der Waals surface area contributed by atoms with Gasteiger partial charge in [0.2, 0.25) is 0 Å². The van der Waals surface area contributed by atoms with Crippen LogP contribution in [-0.4, -0.2) is 26.7 Å². The number of halogens is 1. The van der Waals surface area contributed by atoms with Gasteiger partial charge in [0.1, 0.15) is 22.9 Å². The number of ether oxygens (including phenoxy) is 1. The number of nitrogens with zero attached hydrogens (tertiary/aromatic N) is 4. The lowest BCUT2D eigenvalue weighted by molar-refractivity contribution is 0.411. The third-order valence-electron chi connectivity index (χ3n) is 5.78. The highest BCUT2D eigenvalue weighted by Crippen LogP contribution is 2.32. The van der Waals surface area contributed by atoms with Gasteiger partial charge in [-0.25, -0.2) is 13.8 Å². The second kappa shape index (κ2) is 8.35. The van der Waals surface area contributed by atoms with Crippen molar-refractivity contribution in [3.63, 3.8) is 0 Å². The Balaban J connectivity index is 1.33. The summed E-state index contributed by atoms with van der Waals surface area (Å²) in [6.45, 7) is 0.685. The minimum absolute atomic E-state index is 0.180. The van der Waals surface area contributed by atoms with E-state index in [1.165, 1.54) is 6.07 Å². The van der Waals surface area contributed by atoms with Crippen LogP contribution in [0.3, 0.4) is 0 Å². The number of fused-ring (bicyclic) bond motifs is 1. The molecule has 1 unspecified atom stereocenters. The van der Waals surface area contributed by atoms with Gasteiger partial charge in [-0.1, -0.05) is 24.3 Å². The Kier molecular flexibility index (Phi) is 5.26. The normalized spacial score (nSPS) is 15.6. The number of hydrogen-bond donors (Lipinski definition) is 1. The van der Waals surface area contributed by atoms with E-state index in [-0.39, 0.29) is 11.9 Å². The van der Waals surface area contributed by atoms with Crippen LogP contribution in [0.25, 0.3) is 11.4 Å². The summed E-state index contributed by atoms with van der Waals surface area (Å²) in [5.74, 6) is 0.523. The van der Waals surface area contributed by atoms with Crippen LogP contribution in [0, 0.1) is 5.82 Å². The van der Waals surface area contributed by atoms with Gasteiger partial charge in [-0.2, -0.15) is 10.2 Å². The monoisotopic (exact) mass is 417 g/mol. The van der Waals surface area contributed by atoms with Crippen LogP contribution in [0.1, 0.15) is 35.7 Å². The Labute approximate surface area is 180 Å². The molecule has 31 heavy (non-hydrogen) atoms. The van der Waals surface area contributed by atoms with E-state index in [0.29, 0.717) is 12.2 Å². The predicted octanol–water partition coefficient (Wildman–Crippen LogP) is 4.37. The molecule has 0 amide bonds. The van der Waals surface area contributed by atoms with E-state index < -0.39 is 0 Å². The number of benzene rings is 2. The maximum Gasteiger partial charge on any atom is 0.148 e. The van der Waals surface area contributed by atoms with E-state index in [4.69, 9.17) is 4.74 Å². The lowest BCUT2D eigenvalue weighted by Crippen LogP contribution is -2.25. The van der Waals surface area contributed by atoms with Crippen molar-refractivity contribution >= 4 is 0 Å². The van der Waals surface area contributed by atoms with Gasteiger partial charge in [0.05, 0.1) is 19.5 Å². The summed E-state index contributed by atoms with van der Waals surface area (Å²) in [7, 11) is 1.66. The fourth-order valence-electron chi connectivity index (χ4n) is 4.24. The van der Waals surface area contributed by atoms with Crippen molar-refractivity contribution in [3.05, 3.63) is 89.8 Å². The van der Waals surface area contributed by atoms with E-state index in [0.717, 1.165) is 47.5 Å². The van der Waals surface area contributed by atoms with Gasteiger partial charge in [-0.15, -0.1) is 0 Å². The number of aromatic nitrogens is 4. The number of hydrogen-bond acceptors (Lipinski definition) is 4. The van der Waals surface area contributed by atoms with E-state index in [1.807, 2.05) is 53.6 Å². The molecule has 1 aliphatic carbocycles. The quantitative estimate of drug-likeness (QED) is 0.506. The molecule has 2 aromatic carbocycles. The van der Waals surface area contributed by atoms with Gasteiger partial charge < -0.3 is 10.1 Å². The molecule has 0 saturated heterocycles. The van der Waals surface area contributed by atoms with Crippen molar-refractivity contribution in [2.24, 2.45) is 0 Å². The zero-order valence-corrected chi connectivity index (χ0v) is 17.3. The zero-order valence-electron chi connectivity index (χ0n) is 17.3. The number of methoxy groups -OCH3 is 1. The van der Waals surface area contributed by atoms with Crippen molar-refractivity contribution in [2.45, 2.75) is 31.8 Å². The Morgan fingerprint density at radius 3 is 2.71 bits per heavy atom. The number of nitrogens with one attached hydrogen (secondary N) is 1. The van der Waals surface area contributed by atoms with Crippen molar-refractivity contribution in [2.75, 3.05) is 7.11 Å². The first-order chi connectivity index (χ1) is 15.2. The molecular weight excluding hydrogens is 393 g/mol. The minimum atomic E-state index is -0.257. The summed E-state index contributed by atoms with van der Waals surface area (Å²) < 4.78 is 23.3. The lowest BCUT2D eigenvalue weighted by Gasteiger charge is -2.24. The molecule has 0 fully saturated rings. The maximum absolute atomic E-state index is 14.3. The zero-order chi connectivity index (χ0) is 21.2. The van der Waals surface area contributed by atoms with Gasteiger partial charge >= 0.3 is 0 Å². The summed E-state index contributed by atoms with van der Waals surface area (Å²) in [5.41, 5.74) is 4.72. The number of rotatable bonds is 6. The molecule has 1 aliphatic rings. The second-order valence-corrected chi connectivity index (χ2v) is 7.70. The summed E-state index contributed by atoms with van der Waals surface area (Å²) in [5, 5.41) is 12.6. The Morgan fingerprint density at radius 1 is 1.06 bits per heavy atom.